The average Bonchev–Trinajstić information content (AvgIpc) is 2.94. The SMILES string of the molecule is Cc1nc(C(C)(C)C)oc1CCC(=O)N1CCCC1. The minimum Gasteiger partial charge on any atom is -0.445 e. The molecule has 4 nitrogen and oxygen atoms in total. The minimum atomic E-state index is -0.0814. The van der Waals surface area contributed by atoms with Crippen molar-refractivity contribution in [3.05, 3.63) is 17.3 Å². The summed E-state index contributed by atoms with van der Waals surface area (Å²) in [7, 11) is 0. The Morgan fingerprint density at radius 2 is 1.95 bits per heavy atom. The Bertz CT molecular complexity index is 451. The molecular formula is C15H24N2O2. The van der Waals surface area contributed by atoms with Crippen molar-refractivity contribution in [2.45, 2.75) is 58.8 Å². The lowest BCUT2D eigenvalue weighted by Crippen LogP contribution is -2.27. The van der Waals surface area contributed by atoms with Gasteiger partial charge in [-0.2, -0.15) is 0 Å². The lowest BCUT2D eigenvalue weighted by Gasteiger charge is -2.14. The number of aromatic nitrogens is 1. The quantitative estimate of drug-likeness (QED) is 0.843. The van der Waals surface area contributed by atoms with Crippen LogP contribution in [0.15, 0.2) is 4.42 Å². The van der Waals surface area contributed by atoms with E-state index in [0.717, 1.165) is 43.3 Å². The molecule has 1 fully saturated rings. The third-order valence-electron chi connectivity index (χ3n) is 3.56. The molecule has 1 aliphatic heterocycles. The first-order valence-corrected chi connectivity index (χ1v) is 7.12. The Morgan fingerprint density at radius 1 is 1.32 bits per heavy atom. The van der Waals surface area contributed by atoms with E-state index < -0.39 is 0 Å². The van der Waals surface area contributed by atoms with Crippen molar-refractivity contribution >= 4 is 5.91 Å². The molecule has 0 aromatic carbocycles. The van der Waals surface area contributed by atoms with Gasteiger partial charge in [0.05, 0.1) is 5.69 Å². The number of likely N-dealkylation sites (tertiary alicyclic amines) is 1. The molecule has 0 unspecified atom stereocenters. The zero-order valence-electron chi connectivity index (χ0n) is 12.5. The maximum absolute atomic E-state index is 12.0. The Labute approximate surface area is 115 Å². The highest BCUT2D eigenvalue weighted by Crippen LogP contribution is 2.24. The second-order valence-corrected chi connectivity index (χ2v) is 6.37. The topological polar surface area (TPSA) is 46.3 Å². The van der Waals surface area contributed by atoms with Crippen LogP contribution in [0.25, 0.3) is 0 Å². The van der Waals surface area contributed by atoms with E-state index in [9.17, 15) is 4.79 Å². The van der Waals surface area contributed by atoms with Gasteiger partial charge in [-0.1, -0.05) is 20.8 Å². The number of hydrogen-bond acceptors (Lipinski definition) is 3. The largest absolute Gasteiger partial charge is 0.445 e. The summed E-state index contributed by atoms with van der Waals surface area (Å²) in [6.45, 7) is 10.0. The van der Waals surface area contributed by atoms with Crippen molar-refractivity contribution in [2.24, 2.45) is 0 Å². The third-order valence-corrected chi connectivity index (χ3v) is 3.56. The van der Waals surface area contributed by atoms with Crippen LogP contribution in [0.5, 0.6) is 0 Å². The first-order valence-electron chi connectivity index (χ1n) is 7.12. The Kier molecular flexibility index (Phi) is 3.97. The summed E-state index contributed by atoms with van der Waals surface area (Å²) in [6.07, 6.45) is 3.46. The Hall–Kier alpha value is -1.32. The van der Waals surface area contributed by atoms with Gasteiger partial charge in [0.15, 0.2) is 5.89 Å². The van der Waals surface area contributed by atoms with Crippen LogP contribution in [0.4, 0.5) is 0 Å². The van der Waals surface area contributed by atoms with E-state index in [4.69, 9.17) is 4.42 Å². The van der Waals surface area contributed by atoms with Crippen LogP contribution in [0.2, 0.25) is 0 Å². The van der Waals surface area contributed by atoms with Gasteiger partial charge in [0.2, 0.25) is 5.91 Å². The summed E-state index contributed by atoms with van der Waals surface area (Å²) in [4.78, 5) is 18.4. The fourth-order valence-electron chi connectivity index (χ4n) is 2.33. The first kappa shape index (κ1) is 14.1. The summed E-state index contributed by atoms with van der Waals surface area (Å²) in [5, 5.41) is 0. The number of rotatable bonds is 3. The van der Waals surface area contributed by atoms with Gasteiger partial charge in [0.25, 0.3) is 0 Å². The monoisotopic (exact) mass is 264 g/mol. The highest BCUT2D eigenvalue weighted by molar-refractivity contribution is 5.76. The number of oxazole rings is 1. The van der Waals surface area contributed by atoms with E-state index in [1.165, 1.54) is 0 Å². The zero-order chi connectivity index (χ0) is 14.0. The average molecular weight is 264 g/mol. The Balaban J connectivity index is 1.96. The summed E-state index contributed by atoms with van der Waals surface area (Å²) in [6, 6.07) is 0. The van der Waals surface area contributed by atoms with Gasteiger partial charge >= 0.3 is 0 Å². The van der Waals surface area contributed by atoms with Crippen LogP contribution < -0.4 is 0 Å². The molecule has 0 spiro atoms. The predicted octanol–water partition coefficient (Wildman–Crippen LogP) is 2.84. The van der Waals surface area contributed by atoms with E-state index in [1.807, 2.05) is 11.8 Å². The normalized spacial score (nSPS) is 16.1. The molecule has 0 atom stereocenters. The zero-order valence-corrected chi connectivity index (χ0v) is 12.5. The lowest BCUT2D eigenvalue weighted by atomic mass is 9.97. The molecule has 19 heavy (non-hydrogen) atoms. The van der Waals surface area contributed by atoms with Crippen molar-refractivity contribution in [2.75, 3.05) is 13.1 Å². The summed E-state index contributed by atoms with van der Waals surface area (Å²) < 4.78 is 5.81. The van der Waals surface area contributed by atoms with Crippen molar-refractivity contribution in [3.63, 3.8) is 0 Å². The van der Waals surface area contributed by atoms with Crippen molar-refractivity contribution in [3.8, 4) is 0 Å². The molecule has 4 heteroatoms. The molecule has 2 rings (SSSR count). The molecule has 1 aromatic heterocycles. The molecule has 1 saturated heterocycles. The van der Waals surface area contributed by atoms with Crippen molar-refractivity contribution in [1.29, 1.82) is 0 Å². The van der Waals surface area contributed by atoms with Gasteiger partial charge in [-0.05, 0) is 19.8 Å². The summed E-state index contributed by atoms with van der Waals surface area (Å²) in [5.41, 5.74) is 0.834. The number of carbonyl (C=O) groups is 1. The second-order valence-electron chi connectivity index (χ2n) is 6.37. The molecule has 2 heterocycles. The maximum Gasteiger partial charge on any atom is 0.223 e. The molecule has 1 amide bonds. The first-order chi connectivity index (χ1) is 8.88. The van der Waals surface area contributed by atoms with Crippen molar-refractivity contribution < 1.29 is 9.21 Å². The lowest BCUT2D eigenvalue weighted by molar-refractivity contribution is -0.130. The van der Waals surface area contributed by atoms with Crippen LogP contribution >= 0.6 is 0 Å². The molecule has 0 aliphatic carbocycles. The standard InChI is InChI=1S/C15H24N2O2/c1-11-12(19-14(16-11)15(2,3)4)7-8-13(18)17-9-5-6-10-17/h5-10H2,1-4H3. The van der Waals surface area contributed by atoms with Crippen LogP contribution in [0, 0.1) is 6.92 Å². The summed E-state index contributed by atoms with van der Waals surface area (Å²) >= 11 is 0. The highest BCUT2D eigenvalue weighted by atomic mass is 16.4. The number of aryl methyl sites for hydroxylation is 2. The van der Waals surface area contributed by atoms with Gasteiger partial charge < -0.3 is 9.32 Å². The van der Waals surface area contributed by atoms with Gasteiger partial charge in [0, 0.05) is 31.3 Å². The minimum absolute atomic E-state index is 0.0814. The molecule has 106 valence electrons. The third kappa shape index (κ3) is 3.37. The van der Waals surface area contributed by atoms with Crippen molar-refractivity contribution in [1.82, 2.24) is 9.88 Å². The fraction of sp³-hybridized carbons (Fsp3) is 0.733. The maximum atomic E-state index is 12.0. The number of amides is 1. The van der Waals surface area contributed by atoms with Crippen LogP contribution in [0.3, 0.4) is 0 Å². The summed E-state index contributed by atoms with van der Waals surface area (Å²) in [5.74, 6) is 1.86. The van der Waals surface area contributed by atoms with E-state index in [-0.39, 0.29) is 11.3 Å². The molecule has 0 radical (unpaired) electrons. The van der Waals surface area contributed by atoms with E-state index in [0.29, 0.717) is 12.8 Å². The number of nitrogens with zero attached hydrogens (tertiary/aromatic N) is 2. The van der Waals surface area contributed by atoms with Crippen LogP contribution in [-0.4, -0.2) is 28.9 Å². The van der Waals surface area contributed by atoms with Gasteiger partial charge in [-0.25, -0.2) is 4.98 Å². The molecule has 1 aromatic rings. The van der Waals surface area contributed by atoms with E-state index >= 15 is 0 Å². The van der Waals surface area contributed by atoms with Gasteiger partial charge in [-0.15, -0.1) is 0 Å². The predicted molar refractivity (Wildman–Crippen MR) is 74.1 cm³/mol. The molecule has 1 aliphatic rings. The van der Waals surface area contributed by atoms with Gasteiger partial charge in [-0.3, -0.25) is 4.79 Å². The molecule has 0 bridgehead atoms. The van der Waals surface area contributed by atoms with Crippen LogP contribution in [0.1, 0.15) is 57.4 Å². The smallest absolute Gasteiger partial charge is 0.223 e. The van der Waals surface area contributed by atoms with E-state index in [1.54, 1.807) is 0 Å². The Morgan fingerprint density at radius 3 is 2.47 bits per heavy atom. The van der Waals surface area contributed by atoms with Crippen LogP contribution in [-0.2, 0) is 16.6 Å². The second kappa shape index (κ2) is 5.35. The number of carbonyl (C=O) groups excluding carboxylic acids is 1. The number of hydrogen-bond donors (Lipinski definition) is 0. The molecule has 0 saturated carbocycles. The van der Waals surface area contributed by atoms with E-state index in [2.05, 4.69) is 25.8 Å². The highest BCUT2D eigenvalue weighted by Gasteiger charge is 2.23. The molecular weight excluding hydrogens is 240 g/mol. The molecule has 0 N–H and O–H groups in total. The fourth-order valence-corrected chi connectivity index (χ4v) is 2.33. The van der Waals surface area contributed by atoms with Gasteiger partial charge in [0.1, 0.15) is 5.76 Å².